The Morgan fingerprint density at radius 2 is 1.68 bits per heavy atom. The second-order valence-corrected chi connectivity index (χ2v) is 6.85. The van der Waals surface area contributed by atoms with Crippen LogP contribution >= 0.6 is 0 Å². The Balaban J connectivity index is 1.48. The fourth-order valence-corrected chi connectivity index (χ4v) is 3.35. The number of benzene rings is 2. The van der Waals surface area contributed by atoms with Crippen LogP contribution in [0, 0.1) is 0 Å². The van der Waals surface area contributed by atoms with E-state index in [2.05, 4.69) is 29.2 Å². The summed E-state index contributed by atoms with van der Waals surface area (Å²) in [6, 6.07) is 16.2. The van der Waals surface area contributed by atoms with Gasteiger partial charge in [0, 0.05) is 38.8 Å². The third-order valence-electron chi connectivity index (χ3n) is 5.07. The lowest BCUT2D eigenvalue weighted by Gasteiger charge is -2.34. The largest absolute Gasteiger partial charge is 0.493 e. The summed E-state index contributed by atoms with van der Waals surface area (Å²) in [6.45, 7) is 4.41. The Labute approximate surface area is 167 Å². The van der Waals surface area contributed by atoms with E-state index in [1.807, 2.05) is 35.2 Å². The molecule has 1 aliphatic rings. The van der Waals surface area contributed by atoms with Gasteiger partial charge in [-0.3, -0.25) is 9.69 Å². The van der Waals surface area contributed by atoms with Gasteiger partial charge in [0.05, 0.1) is 14.2 Å². The number of carbonyl (C=O) groups excluding carboxylic acids is 1. The lowest BCUT2D eigenvalue weighted by atomic mass is 10.1. The second-order valence-electron chi connectivity index (χ2n) is 6.85. The molecule has 0 aromatic heterocycles. The summed E-state index contributed by atoms with van der Waals surface area (Å²) < 4.78 is 10.5. The van der Waals surface area contributed by atoms with Crippen molar-refractivity contribution in [3.05, 3.63) is 65.7 Å². The summed E-state index contributed by atoms with van der Waals surface area (Å²) in [5.74, 6) is 1.39. The fourth-order valence-electron chi connectivity index (χ4n) is 3.35. The predicted octanol–water partition coefficient (Wildman–Crippen LogP) is 3.10. The molecular weight excluding hydrogens is 352 g/mol. The number of methoxy groups -OCH3 is 2. The maximum Gasteiger partial charge on any atom is 0.246 e. The summed E-state index contributed by atoms with van der Waals surface area (Å²) in [5, 5.41) is 0. The Morgan fingerprint density at radius 1 is 0.964 bits per heavy atom. The Kier molecular flexibility index (Phi) is 7.09. The number of nitrogens with zero attached hydrogens (tertiary/aromatic N) is 2. The van der Waals surface area contributed by atoms with Crippen LogP contribution in [0.2, 0.25) is 0 Å². The molecule has 2 aromatic carbocycles. The molecule has 0 saturated carbocycles. The lowest BCUT2D eigenvalue weighted by Crippen LogP contribution is -2.48. The molecular formula is C23H28N2O3. The average molecular weight is 380 g/mol. The first kappa shape index (κ1) is 20.0. The number of hydrogen-bond acceptors (Lipinski definition) is 4. The Hall–Kier alpha value is -2.79. The van der Waals surface area contributed by atoms with Crippen LogP contribution in [0.5, 0.6) is 11.5 Å². The van der Waals surface area contributed by atoms with E-state index in [1.165, 1.54) is 5.56 Å². The van der Waals surface area contributed by atoms with Gasteiger partial charge in [-0.1, -0.05) is 36.4 Å². The normalized spacial score (nSPS) is 15.0. The molecule has 0 spiro atoms. The zero-order valence-electron chi connectivity index (χ0n) is 16.6. The smallest absolute Gasteiger partial charge is 0.246 e. The van der Waals surface area contributed by atoms with Crippen molar-refractivity contribution >= 4 is 12.0 Å². The highest BCUT2D eigenvalue weighted by molar-refractivity contribution is 5.92. The van der Waals surface area contributed by atoms with Gasteiger partial charge in [0.15, 0.2) is 11.5 Å². The minimum atomic E-state index is 0.0532. The van der Waals surface area contributed by atoms with Gasteiger partial charge >= 0.3 is 0 Å². The van der Waals surface area contributed by atoms with Gasteiger partial charge in [-0.25, -0.2) is 0 Å². The van der Waals surface area contributed by atoms with E-state index in [4.69, 9.17) is 9.47 Å². The van der Waals surface area contributed by atoms with Crippen LogP contribution < -0.4 is 9.47 Å². The fraction of sp³-hybridized carbons (Fsp3) is 0.348. The molecule has 0 bridgehead atoms. The van der Waals surface area contributed by atoms with E-state index >= 15 is 0 Å². The zero-order valence-corrected chi connectivity index (χ0v) is 16.6. The van der Waals surface area contributed by atoms with Crippen molar-refractivity contribution in [1.29, 1.82) is 0 Å². The number of ether oxygens (including phenoxy) is 2. The highest BCUT2D eigenvalue weighted by atomic mass is 16.5. The highest BCUT2D eigenvalue weighted by Gasteiger charge is 2.19. The van der Waals surface area contributed by atoms with Crippen LogP contribution in [-0.4, -0.2) is 62.7 Å². The van der Waals surface area contributed by atoms with Gasteiger partial charge in [-0.05, 0) is 35.8 Å². The Morgan fingerprint density at radius 3 is 2.36 bits per heavy atom. The molecule has 0 unspecified atom stereocenters. The molecule has 0 aliphatic carbocycles. The summed E-state index contributed by atoms with van der Waals surface area (Å²) in [4.78, 5) is 16.8. The van der Waals surface area contributed by atoms with Crippen LogP contribution in [0.25, 0.3) is 6.08 Å². The molecule has 1 amide bonds. The Bertz CT molecular complexity index is 797. The zero-order chi connectivity index (χ0) is 19.8. The van der Waals surface area contributed by atoms with Gasteiger partial charge in [-0.2, -0.15) is 0 Å². The molecule has 0 radical (unpaired) electrons. The molecule has 1 heterocycles. The van der Waals surface area contributed by atoms with E-state index in [9.17, 15) is 4.79 Å². The summed E-state index contributed by atoms with van der Waals surface area (Å²) in [7, 11) is 3.21. The molecule has 3 rings (SSSR count). The van der Waals surface area contributed by atoms with Gasteiger partial charge in [0.2, 0.25) is 5.91 Å². The first-order chi connectivity index (χ1) is 13.7. The molecule has 5 heteroatoms. The summed E-state index contributed by atoms with van der Waals surface area (Å²) in [5.41, 5.74) is 2.27. The number of amides is 1. The van der Waals surface area contributed by atoms with Gasteiger partial charge in [0.25, 0.3) is 0 Å². The SMILES string of the molecule is COc1ccc(/C=C/C(=O)N2CCN(CCc3ccccc3)CC2)cc1OC. The van der Waals surface area contributed by atoms with E-state index in [-0.39, 0.29) is 5.91 Å². The van der Waals surface area contributed by atoms with Crippen molar-refractivity contribution in [2.24, 2.45) is 0 Å². The molecule has 148 valence electrons. The molecule has 1 aliphatic heterocycles. The van der Waals surface area contributed by atoms with E-state index in [0.29, 0.717) is 11.5 Å². The van der Waals surface area contributed by atoms with Crippen molar-refractivity contribution in [1.82, 2.24) is 9.80 Å². The van der Waals surface area contributed by atoms with Crippen LogP contribution in [0.3, 0.4) is 0 Å². The predicted molar refractivity (Wildman–Crippen MR) is 112 cm³/mol. The van der Waals surface area contributed by atoms with Crippen molar-refractivity contribution < 1.29 is 14.3 Å². The standard InChI is InChI=1S/C23H28N2O3/c1-27-21-10-8-20(18-22(21)28-2)9-11-23(26)25-16-14-24(15-17-25)13-12-19-6-4-3-5-7-19/h3-11,18H,12-17H2,1-2H3/b11-9+. The van der Waals surface area contributed by atoms with E-state index in [1.54, 1.807) is 20.3 Å². The third kappa shape index (κ3) is 5.36. The minimum absolute atomic E-state index is 0.0532. The van der Waals surface area contributed by atoms with Crippen molar-refractivity contribution in [3.8, 4) is 11.5 Å². The van der Waals surface area contributed by atoms with Crippen molar-refractivity contribution in [3.63, 3.8) is 0 Å². The molecule has 5 nitrogen and oxygen atoms in total. The van der Waals surface area contributed by atoms with Gasteiger partial charge < -0.3 is 14.4 Å². The highest BCUT2D eigenvalue weighted by Crippen LogP contribution is 2.28. The van der Waals surface area contributed by atoms with Gasteiger partial charge in [-0.15, -0.1) is 0 Å². The van der Waals surface area contributed by atoms with Crippen LogP contribution in [0.15, 0.2) is 54.6 Å². The average Bonchev–Trinajstić information content (AvgIpc) is 2.76. The molecule has 1 fully saturated rings. The van der Waals surface area contributed by atoms with Crippen LogP contribution in [-0.2, 0) is 11.2 Å². The number of carbonyl (C=O) groups is 1. The molecule has 0 atom stereocenters. The first-order valence-corrected chi connectivity index (χ1v) is 9.65. The monoisotopic (exact) mass is 380 g/mol. The number of rotatable bonds is 7. The van der Waals surface area contributed by atoms with Crippen LogP contribution in [0.4, 0.5) is 0 Å². The molecule has 1 saturated heterocycles. The van der Waals surface area contributed by atoms with Crippen molar-refractivity contribution in [2.75, 3.05) is 46.9 Å². The summed E-state index contributed by atoms with van der Waals surface area (Å²) in [6.07, 6.45) is 4.51. The molecule has 0 N–H and O–H groups in total. The third-order valence-corrected chi connectivity index (χ3v) is 5.07. The minimum Gasteiger partial charge on any atom is -0.493 e. The maximum atomic E-state index is 12.5. The topological polar surface area (TPSA) is 42.0 Å². The first-order valence-electron chi connectivity index (χ1n) is 9.65. The quantitative estimate of drug-likeness (QED) is 0.692. The van der Waals surface area contributed by atoms with E-state index in [0.717, 1.165) is 44.7 Å². The van der Waals surface area contributed by atoms with Crippen molar-refractivity contribution in [2.45, 2.75) is 6.42 Å². The van der Waals surface area contributed by atoms with Crippen LogP contribution in [0.1, 0.15) is 11.1 Å². The maximum absolute atomic E-state index is 12.5. The second kappa shape index (κ2) is 9.95. The van der Waals surface area contributed by atoms with E-state index < -0.39 is 0 Å². The lowest BCUT2D eigenvalue weighted by molar-refractivity contribution is -0.127. The summed E-state index contributed by atoms with van der Waals surface area (Å²) >= 11 is 0. The number of piperazine rings is 1. The molecule has 2 aromatic rings. The molecule has 28 heavy (non-hydrogen) atoms. The number of hydrogen-bond donors (Lipinski definition) is 0. The van der Waals surface area contributed by atoms with Gasteiger partial charge in [0.1, 0.15) is 0 Å².